The van der Waals surface area contributed by atoms with E-state index in [2.05, 4.69) is 15.9 Å². The molecule has 94 valence electrons. The van der Waals surface area contributed by atoms with Crippen molar-refractivity contribution in [2.75, 3.05) is 6.61 Å². The van der Waals surface area contributed by atoms with Gasteiger partial charge >= 0.3 is 0 Å². The number of rotatable bonds is 4. The van der Waals surface area contributed by atoms with Crippen LogP contribution in [0.3, 0.4) is 0 Å². The summed E-state index contributed by atoms with van der Waals surface area (Å²) in [5, 5.41) is 10.7. The minimum Gasteiger partial charge on any atom is -0.388 e. The molecule has 1 fully saturated rings. The van der Waals surface area contributed by atoms with Gasteiger partial charge in [-0.2, -0.15) is 0 Å². The molecule has 0 amide bonds. The van der Waals surface area contributed by atoms with Gasteiger partial charge in [0.2, 0.25) is 0 Å². The van der Waals surface area contributed by atoms with Crippen molar-refractivity contribution >= 4 is 27.5 Å². The van der Waals surface area contributed by atoms with Crippen LogP contribution in [0.15, 0.2) is 22.7 Å². The fraction of sp³-hybridized carbons (Fsp3) is 0.538. The van der Waals surface area contributed by atoms with Crippen molar-refractivity contribution in [2.45, 2.75) is 37.9 Å². The van der Waals surface area contributed by atoms with Crippen molar-refractivity contribution in [3.8, 4) is 0 Å². The molecule has 0 aromatic heterocycles. The number of benzene rings is 1. The van der Waals surface area contributed by atoms with Gasteiger partial charge < -0.3 is 9.84 Å². The second-order valence-electron chi connectivity index (χ2n) is 4.39. The van der Waals surface area contributed by atoms with Crippen molar-refractivity contribution < 1.29 is 9.84 Å². The second kappa shape index (κ2) is 6.19. The van der Waals surface area contributed by atoms with Crippen LogP contribution in [-0.2, 0) is 4.74 Å². The Morgan fingerprint density at radius 2 is 2.35 bits per heavy atom. The van der Waals surface area contributed by atoms with E-state index >= 15 is 0 Å². The molecule has 1 N–H and O–H groups in total. The molecule has 1 saturated heterocycles. The lowest BCUT2D eigenvalue weighted by molar-refractivity contribution is 0.0812. The zero-order valence-electron chi connectivity index (χ0n) is 9.53. The van der Waals surface area contributed by atoms with Gasteiger partial charge in [0.15, 0.2) is 0 Å². The highest BCUT2D eigenvalue weighted by molar-refractivity contribution is 9.10. The van der Waals surface area contributed by atoms with Gasteiger partial charge in [-0.1, -0.05) is 27.5 Å². The first-order valence-corrected chi connectivity index (χ1v) is 7.08. The van der Waals surface area contributed by atoms with E-state index in [-0.39, 0.29) is 0 Å². The lowest BCUT2D eigenvalue weighted by Crippen LogP contribution is -2.08. The van der Waals surface area contributed by atoms with Crippen molar-refractivity contribution in [3.63, 3.8) is 0 Å². The van der Waals surface area contributed by atoms with E-state index in [4.69, 9.17) is 16.3 Å². The third kappa shape index (κ3) is 3.68. The molecule has 2 nitrogen and oxygen atoms in total. The van der Waals surface area contributed by atoms with E-state index in [0.29, 0.717) is 17.5 Å². The number of ether oxygens (including phenoxy) is 1. The molecule has 1 aromatic carbocycles. The summed E-state index contributed by atoms with van der Waals surface area (Å²) in [5.41, 5.74) is 0.791. The van der Waals surface area contributed by atoms with Gasteiger partial charge in [-0.15, -0.1) is 0 Å². The predicted molar refractivity (Wildman–Crippen MR) is 72.3 cm³/mol. The SMILES string of the molecule is OC(CCC1CCCO1)c1cc(Br)ccc1Cl. The average Bonchev–Trinajstić information content (AvgIpc) is 2.82. The van der Waals surface area contributed by atoms with Crippen LogP contribution < -0.4 is 0 Å². The van der Waals surface area contributed by atoms with Crippen molar-refractivity contribution in [1.29, 1.82) is 0 Å². The molecule has 1 aromatic rings. The number of aliphatic hydroxyl groups excluding tert-OH is 1. The molecule has 0 aliphatic carbocycles. The normalized spacial score (nSPS) is 21.7. The summed E-state index contributed by atoms with van der Waals surface area (Å²) in [4.78, 5) is 0. The van der Waals surface area contributed by atoms with E-state index in [1.54, 1.807) is 6.07 Å². The molecule has 1 aliphatic heterocycles. The number of hydrogen-bond donors (Lipinski definition) is 1. The van der Waals surface area contributed by atoms with Gasteiger partial charge in [0.05, 0.1) is 12.2 Å². The first-order valence-electron chi connectivity index (χ1n) is 5.91. The molecule has 1 heterocycles. The van der Waals surface area contributed by atoms with Gasteiger partial charge in [-0.3, -0.25) is 0 Å². The maximum Gasteiger partial charge on any atom is 0.0805 e. The number of halogens is 2. The molecule has 0 radical (unpaired) electrons. The van der Waals surface area contributed by atoms with Crippen LogP contribution in [-0.4, -0.2) is 17.8 Å². The molecular weight excluding hydrogens is 303 g/mol. The molecule has 0 spiro atoms. The van der Waals surface area contributed by atoms with Crippen LogP contribution in [0.4, 0.5) is 0 Å². The van der Waals surface area contributed by atoms with Crippen LogP contribution in [0.1, 0.15) is 37.4 Å². The summed E-state index contributed by atoms with van der Waals surface area (Å²) in [7, 11) is 0. The van der Waals surface area contributed by atoms with Gasteiger partial charge in [-0.25, -0.2) is 0 Å². The van der Waals surface area contributed by atoms with Gasteiger partial charge in [0.25, 0.3) is 0 Å². The molecule has 2 atom stereocenters. The second-order valence-corrected chi connectivity index (χ2v) is 5.72. The molecule has 17 heavy (non-hydrogen) atoms. The molecule has 2 rings (SSSR count). The third-order valence-corrected chi connectivity index (χ3v) is 3.94. The van der Waals surface area contributed by atoms with E-state index in [0.717, 1.165) is 35.9 Å². The van der Waals surface area contributed by atoms with Crippen LogP contribution in [0.2, 0.25) is 5.02 Å². The molecule has 2 unspecified atom stereocenters. The summed E-state index contributed by atoms with van der Waals surface area (Å²) >= 11 is 9.46. The Kier molecular flexibility index (Phi) is 4.86. The zero-order chi connectivity index (χ0) is 12.3. The number of aliphatic hydroxyl groups is 1. The number of hydrogen-bond acceptors (Lipinski definition) is 2. The zero-order valence-corrected chi connectivity index (χ0v) is 11.9. The Morgan fingerprint density at radius 3 is 3.06 bits per heavy atom. The Bertz CT molecular complexity index is 378. The summed E-state index contributed by atoms with van der Waals surface area (Å²) in [6.45, 7) is 0.860. The molecule has 1 aliphatic rings. The van der Waals surface area contributed by atoms with Crippen LogP contribution in [0.25, 0.3) is 0 Å². The lowest BCUT2D eigenvalue weighted by Gasteiger charge is -2.15. The lowest BCUT2D eigenvalue weighted by atomic mass is 10.0. The Labute approximate surface area is 115 Å². The minimum atomic E-state index is -0.510. The molecule has 0 bridgehead atoms. The van der Waals surface area contributed by atoms with Crippen LogP contribution in [0.5, 0.6) is 0 Å². The van der Waals surface area contributed by atoms with E-state index in [9.17, 15) is 5.11 Å². The topological polar surface area (TPSA) is 29.5 Å². The minimum absolute atomic E-state index is 0.315. The largest absolute Gasteiger partial charge is 0.388 e. The maximum absolute atomic E-state index is 10.1. The fourth-order valence-electron chi connectivity index (χ4n) is 2.14. The Morgan fingerprint density at radius 1 is 1.53 bits per heavy atom. The van der Waals surface area contributed by atoms with Crippen LogP contribution >= 0.6 is 27.5 Å². The van der Waals surface area contributed by atoms with E-state index in [1.165, 1.54) is 0 Å². The highest BCUT2D eigenvalue weighted by Gasteiger charge is 2.18. The average molecular weight is 320 g/mol. The third-order valence-electron chi connectivity index (χ3n) is 3.10. The molecule has 0 saturated carbocycles. The van der Waals surface area contributed by atoms with Crippen molar-refractivity contribution in [2.24, 2.45) is 0 Å². The smallest absolute Gasteiger partial charge is 0.0805 e. The van der Waals surface area contributed by atoms with Crippen molar-refractivity contribution in [3.05, 3.63) is 33.3 Å². The summed E-state index contributed by atoms with van der Waals surface area (Å²) in [6.07, 6.45) is 3.64. The van der Waals surface area contributed by atoms with E-state index in [1.807, 2.05) is 12.1 Å². The first-order chi connectivity index (χ1) is 8.16. The first kappa shape index (κ1) is 13.3. The van der Waals surface area contributed by atoms with Gasteiger partial charge in [-0.05, 0) is 43.9 Å². The Hall–Kier alpha value is -0.0900. The fourth-order valence-corrected chi connectivity index (χ4v) is 2.76. The highest BCUT2D eigenvalue weighted by atomic mass is 79.9. The Balaban J connectivity index is 1.93. The molecule has 4 heteroatoms. The van der Waals surface area contributed by atoms with Crippen molar-refractivity contribution in [1.82, 2.24) is 0 Å². The summed E-state index contributed by atoms with van der Waals surface area (Å²) in [5.74, 6) is 0. The maximum atomic E-state index is 10.1. The standard InChI is InChI=1S/C13H16BrClO2/c14-9-3-5-12(15)11(8-9)13(16)6-4-10-2-1-7-17-10/h3,5,8,10,13,16H,1-2,4,6-7H2. The highest BCUT2D eigenvalue weighted by Crippen LogP contribution is 2.30. The summed E-state index contributed by atoms with van der Waals surface area (Å²) in [6, 6.07) is 5.55. The molecular formula is C13H16BrClO2. The van der Waals surface area contributed by atoms with Gasteiger partial charge in [0, 0.05) is 21.7 Å². The summed E-state index contributed by atoms with van der Waals surface area (Å²) < 4.78 is 6.48. The van der Waals surface area contributed by atoms with Crippen LogP contribution in [0, 0.1) is 0 Å². The predicted octanol–water partition coefficient (Wildman–Crippen LogP) is 4.10. The quantitative estimate of drug-likeness (QED) is 0.905. The van der Waals surface area contributed by atoms with Gasteiger partial charge in [0.1, 0.15) is 0 Å². The van der Waals surface area contributed by atoms with E-state index < -0.39 is 6.10 Å². The monoisotopic (exact) mass is 318 g/mol.